The number of rotatable bonds is 5. The number of nitrogens with zero attached hydrogens (tertiary/aromatic N) is 3. The maximum absolute atomic E-state index is 13.0. The van der Waals surface area contributed by atoms with Gasteiger partial charge >= 0.3 is 5.97 Å². The van der Waals surface area contributed by atoms with E-state index in [2.05, 4.69) is 15.0 Å². The van der Waals surface area contributed by atoms with E-state index in [9.17, 15) is 14.0 Å². The number of nitriles is 1. The van der Waals surface area contributed by atoms with Crippen molar-refractivity contribution in [1.82, 2.24) is 10.2 Å². The Morgan fingerprint density at radius 2 is 1.92 bits per heavy atom. The molecule has 25 heavy (non-hydrogen) atoms. The maximum Gasteiger partial charge on any atom is 0.325 e. The van der Waals surface area contributed by atoms with Gasteiger partial charge in [0.05, 0.1) is 7.11 Å². The average Bonchev–Trinajstić information content (AvgIpc) is 2.65. The summed E-state index contributed by atoms with van der Waals surface area (Å²) in [6.07, 6.45) is 1.23. The highest BCUT2D eigenvalue weighted by molar-refractivity contribution is 5.97. The van der Waals surface area contributed by atoms with Crippen LogP contribution < -0.4 is 10.2 Å². The van der Waals surface area contributed by atoms with E-state index in [1.807, 2.05) is 6.07 Å². The third kappa shape index (κ3) is 4.94. The van der Waals surface area contributed by atoms with E-state index in [1.165, 1.54) is 25.4 Å². The highest BCUT2D eigenvalue weighted by Crippen LogP contribution is 2.17. The van der Waals surface area contributed by atoms with Gasteiger partial charge in [0.15, 0.2) is 0 Å². The largest absolute Gasteiger partial charge is 0.468 e. The third-order valence-electron chi connectivity index (χ3n) is 3.83. The van der Waals surface area contributed by atoms with Crippen LogP contribution in [0.1, 0.15) is 0 Å². The number of halogens is 1. The first kappa shape index (κ1) is 18.3. The number of carbonyl (C=O) groups is 2. The molecule has 1 saturated heterocycles. The molecule has 2 rings (SSSR count). The lowest BCUT2D eigenvalue weighted by Crippen LogP contribution is -2.49. The third-order valence-corrected chi connectivity index (χ3v) is 3.83. The Bertz CT molecular complexity index is 689. The molecule has 1 fully saturated rings. The summed E-state index contributed by atoms with van der Waals surface area (Å²) < 4.78 is 17.4. The van der Waals surface area contributed by atoms with Gasteiger partial charge in [0.2, 0.25) is 0 Å². The maximum atomic E-state index is 13.0. The molecule has 0 spiro atoms. The summed E-state index contributed by atoms with van der Waals surface area (Å²) in [4.78, 5) is 27.0. The predicted octanol–water partition coefficient (Wildman–Crippen LogP) is 0.644. The SMILES string of the molecule is COC(=O)CN/C=C(/C#N)C(=O)N1CCN(c2ccc(F)cc2)CC1. The lowest BCUT2D eigenvalue weighted by molar-refractivity contribution is -0.139. The van der Waals surface area contributed by atoms with Crippen LogP contribution in [0.4, 0.5) is 10.1 Å². The molecule has 1 aromatic rings. The van der Waals surface area contributed by atoms with Crippen LogP contribution in [0, 0.1) is 17.1 Å². The molecule has 0 atom stereocenters. The Morgan fingerprint density at radius 1 is 1.28 bits per heavy atom. The van der Waals surface area contributed by atoms with Crippen LogP contribution in [0.5, 0.6) is 0 Å². The first-order chi connectivity index (χ1) is 12.0. The second-order valence-electron chi connectivity index (χ2n) is 5.38. The molecule has 0 aromatic heterocycles. The number of methoxy groups -OCH3 is 1. The van der Waals surface area contributed by atoms with Crippen molar-refractivity contribution in [3.05, 3.63) is 41.9 Å². The van der Waals surface area contributed by atoms with Gasteiger partial charge in [-0.2, -0.15) is 5.26 Å². The number of anilines is 1. The normalized spacial score (nSPS) is 14.7. The van der Waals surface area contributed by atoms with Crippen LogP contribution >= 0.6 is 0 Å². The molecule has 8 heteroatoms. The molecule has 0 bridgehead atoms. The van der Waals surface area contributed by atoms with Gasteiger partial charge < -0.3 is 19.9 Å². The van der Waals surface area contributed by atoms with Crippen molar-refractivity contribution < 1.29 is 18.7 Å². The first-order valence-corrected chi connectivity index (χ1v) is 7.75. The molecular formula is C17H19FN4O3. The molecule has 0 unspecified atom stereocenters. The molecule has 132 valence electrons. The van der Waals surface area contributed by atoms with Crippen LogP contribution in [-0.4, -0.2) is 56.6 Å². The Morgan fingerprint density at radius 3 is 2.48 bits per heavy atom. The van der Waals surface area contributed by atoms with Crippen LogP contribution in [0.3, 0.4) is 0 Å². The second kappa shape index (κ2) is 8.68. The monoisotopic (exact) mass is 346 g/mol. The highest BCUT2D eigenvalue weighted by atomic mass is 19.1. The van der Waals surface area contributed by atoms with Gasteiger partial charge in [-0.3, -0.25) is 9.59 Å². The summed E-state index contributed by atoms with van der Waals surface area (Å²) in [6.45, 7) is 1.96. The highest BCUT2D eigenvalue weighted by Gasteiger charge is 2.23. The van der Waals surface area contributed by atoms with Crippen molar-refractivity contribution in [1.29, 1.82) is 5.26 Å². The zero-order valence-electron chi connectivity index (χ0n) is 13.9. The average molecular weight is 346 g/mol. The Labute approximate surface area is 145 Å². The van der Waals surface area contributed by atoms with Gasteiger partial charge in [-0.1, -0.05) is 0 Å². The summed E-state index contributed by atoms with van der Waals surface area (Å²) in [5, 5.41) is 11.7. The van der Waals surface area contributed by atoms with Gasteiger partial charge in [0.25, 0.3) is 5.91 Å². The van der Waals surface area contributed by atoms with E-state index < -0.39 is 11.9 Å². The number of nitrogens with one attached hydrogen (secondary N) is 1. The molecule has 1 amide bonds. The number of carbonyl (C=O) groups excluding carboxylic acids is 2. The van der Waals surface area contributed by atoms with Gasteiger partial charge in [-0.05, 0) is 24.3 Å². The fourth-order valence-electron chi connectivity index (χ4n) is 2.44. The van der Waals surface area contributed by atoms with E-state index in [0.717, 1.165) is 5.69 Å². The molecule has 0 aliphatic carbocycles. The van der Waals surface area contributed by atoms with Gasteiger partial charge in [-0.25, -0.2) is 4.39 Å². The van der Waals surface area contributed by atoms with Crippen LogP contribution in [0.25, 0.3) is 0 Å². The lowest BCUT2D eigenvalue weighted by Gasteiger charge is -2.36. The second-order valence-corrected chi connectivity index (χ2v) is 5.38. The quantitative estimate of drug-likeness (QED) is 0.479. The Balaban J connectivity index is 1.91. The summed E-state index contributed by atoms with van der Waals surface area (Å²) in [5.41, 5.74) is 0.823. The molecule has 1 heterocycles. The zero-order chi connectivity index (χ0) is 18.2. The number of amides is 1. The minimum absolute atomic E-state index is 0.0702. The fourth-order valence-corrected chi connectivity index (χ4v) is 2.44. The molecule has 1 aliphatic rings. The molecule has 0 radical (unpaired) electrons. The summed E-state index contributed by atoms with van der Waals surface area (Å²) in [6, 6.07) is 8.04. The molecule has 1 aliphatic heterocycles. The van der Waals surface area contributed by atoms with Gasteiger partial charge in [0, 0.05) is 38.1 Å². The van der Waals surface area contributed by atoms with Crippen molar-refractivity contribution in [2.75, 3.05) is 44.7 Å². The molecule has 1 N–H and O–H groups in total. The van der Waals surface area contributed by atoms with Crippen LogP contribution in [0.2, 0.25) is 0 Å². The van der Waals surface area contributed by atoms with Crippen LogP contribution in [0.15, 0.2) is 36.0 Å². The van der Waals surface area contributed by atoms with Gasteiger partial charge in [-0.15, -0.1) is 0 Å². The smallest absolute Gasteiger partial charge is 0.325 e. The number of hydrogen-bond donors (Lipinski definition) is 1. The van der Waals surface area contributed by atoms with Crippen molar-refractivity contribution in [2.45, 2.75) is 0 Å². The number of esters is 1. The van der Waals surface area contributed by atoms with Gasteiger partial charge in [0.1, 0.15) is 24.0 Å². The number of benzene rings is 1. The molecule has 1 aromatic carbocycles. The predicted molar refractivity (Wildman–Crippen MR) is 88.9 cm³/mol. The van der Waals surface area contributed by atoms with Crippen molar-refractivity contribution >= 4 is 17.6 Å². The summed E-state index contributed by atoms with van der Waals surface area (Å²) >= 11 is 0. The molecule has 7 nitrogen and oxygen atoms in total. The first-order valence-electron chi connectivity index (χ1n) is 7.75. The van der Waals surface area contributed by atoms with Crippen LogP contribution in [-0.2, 0) is 14.3 Å². The lowest BCUT2D eigenvalue weighted by atomic mass is 10.2. The van der Waals surface area contributed by atoms with E-state index >= 15 is 0 Å². The minimum atomic E-state index is -0.492. The molecular weight excluding hydrogens is 327 g/mol. The zero-order valence-corrected chi connectivity index (χ0v) is 13.9. The van der Waals surface area contributed by atoms with Crippen molar-refractivity contribution in [3.8, 4) is 6.07 Å². The summed E-state index contributed by atoms with van der Waals surface area (Å²) in [5.74, 6) is -1.17. The van der Waals surface area contributed by atoms with Crippen molar-refractivity contribution in [2.24, 2.45) is 0 Å². The van der Waals surface area contributed by atoms with E-state index in [-0.39, 0.29) is 17.9 Å². The van der Waals surface area contributed by atoms with E-state index in [4.69, 9.17) is 5.26 Å². The Kier molecular flexibility index (Phi) is 6.34. The number of hydrogen-bond acceptors (Lipinski definition) is 6. The van der Waals surface area contributed by atoms with E-state index in [0.29, 0.717) is 26.2 Å². The topological polar surface area (TPSA) is 85.7 Å². The summed E-state index contributed by atoms with van der Waals surface area (Å²) in [7, 11) is 1.25. The fraction of sp³-hybridized carbons (Fsp3) is 0.353. The minimum Gasteiger partial charge on any atom is -0.468 e. The number of piperazine rings is 1. The molecule has 0 saturated carbocycles. The Hall–Kier alpha value is -3.08. The number of ether oxygens (including phenoxy) is 1. The standard InChI is InChI=1S/C17H19FN4O3/c1-25-16(23)12-20-11-13(10-19)17(24)22-8-6-21(7-9-22)15-4-2-14(18)3-5-15/h2-5,11,20H,6-9,12H2,1H3/b13-11-. The van der Waals surface area contributed by atoms with E-state index in [1.54, 1.807) is 17.0 Å². The van der Waals surface area contributed by atoms with Crippen molar-refractivity contribution in [3.63, 3.8) is 0 Å².